The minimum absolute atomic E-state index is 0.398. The second-order valence-corrected chi connectivity index (χ2v) is 7.31. The zero-order chi connectivity index (χ0) is 20.1. The Hall–Kier alpha value is -2.98. The van der Waals surface area contributed by atoms with E-state index in [1.165, 1.54) is 0 Å². The predicted molar refractivity (Wildman–Crippen MR) is 117 cm³/mol. The van der Waals surface area contributed by atoms with E-state index in [0.29, 0.717) is 18.2 Å². The SMILES string of the molecule is Cc1ccccc1OCCCn1c(COc2ccc(Cl)cc2)nc2ccccc21. The first-order valence-corrected chi connectivity index (χ1v) is 10.1. The molecule has 0 spiro atoms. The van der Waals surface area contributed by atoms with Crippen molar-refractivity contribution in [2.45, 2.75) is 26.5 Å². The topological polar surface area (TPSA) is 36.3 Å². The van der Waals surface area contributed by atoms with Crippen molar-refractivity contribution in [3.05, 3.63) is 89.2 Å². The Morgan fingerprint density at radius 1 is 0.897 bits per heavy atom. The lowest BCUT2D eigenvalue weighted by molar-refractivity contribution is 0.280. The van der Waals surface area contributed by atoms with Crippen LogP contribution in [0.4, 0.5) is 0 Å². The molecule has 0 unspecified atom stereocenters. The minimum Gasteiger partial charge on any atom is -0.493 e. The molecule has 0 aliphatic rings. The molecule has 0 saturated heterocycles. The Labute approximate surface area is 175 Å². The van der Waals surface area contributed by atoms with E-state index in [4.69, 9.17) is 26.1 Å². The monoisotopic (exact) mass is 406 g/mol. The molecule has 1 aromatic heterocycles. The van der Waals surface area contributed by atoms with Gasteiger partial charge in [0.1, 0.15) is 23.9 Å². The largest absolute Gasteiger partial charge is 0.493 e. The van der Waals surface area contributed by atoms with Crippen LogP contribution in [0.25, 0.3) is 11.0 Å². The molecule has 0 fully saturated rings. The van der Waals surface area contributed by atoms with Crippen LogP contribution in [-0.2, 0) is 13.2 Å². The van der Waals surface area contributed by atoms with E-state index in [-0.39, 0.29) is 0 Å². The van der Waals surface area contributed by atoms with Gasteiger partial charge in [0.2, 0.25) is 0 Å². The predicted octanol–water partition coefficient (Wildman–Crippen LogP) is 6.05. The number of benzene rings is 3. The summed E-state index contributed by atoms with van der Waals surface area (Å²) in [4.78, 5) is 4.77. The molecule has 4 rings (SSSR count). The molecule has 0 atom stereocenters. The van der Waals surface area contributed by atoms with Crippen LogP contribution in [0.5, 0.6) is 11.5 Å². The average Bonchev–Trinajstić information content (AvgIpc) is 3.09. The van der Waals surface area contributed by atoms with Crippen molar-refractivity contribution in [2.24, 2.45) is 0 Å². The van der Waals surface area contributed by atoms with E-state index in [0.717, 1.165) is 46.9 Å². The third-order valence-electron chi connectivity index (χ3n) is 4.79. The van der Waals surface area contributed by atoms with Crippen LogP contribution in [0, 0.1) is 6.92 Å². The van der Waals surface area contributed by atoms with Gasteiger partial charge in [0, 0.05) is 11.6 Å². The van der Waals surface area contributed by atoms with E-state index in [2.05, 4.69) is 23.6 Å². The molecule has 0 aliphatic heterocycles. The Balaban J connectivity index is 1.44. The van der Waals surface area contributed by atoms with Gasteiger partial charge >= 0.3 is 0 Å². The van der Waals surface area contributed by atoms with Crippen LogP contribution < -0.4 is 9.47 Å². The summed E-state index contributed by atoms with van der Waals surface area (Å²) in [6.45, 7) is 3.92. The molecule has 0 bridgehead atoms. The van der Waals surface area contributed by atoms with Gasteiger partial charge in [-0.15, -0.1) is 0 Å². The van der Waals surface area contributed by atoms with Crippen molar-refractivity contribution in [1.29, 1.82) is 0 Å². The highest BCUT2D eigenvalue weighted by atomic mass is 35.5. The first kappa shape index (κ1) is 19.3. The number of nitrogens with zero attached hydrogens (tertiary/aromatic N) is 2. The highest BCUT2D eigenvalue weighted by Gasteiger charge is 2.11. The molecule has 0 N–H and O–H groups in total. The van der Waals surface area contributed by atoms with Gasteiger partial charge in [0.05, 0.1) is 17.6 Å². The van der Waals surface area contributed by atoms with Crippen LogP contribution in [0.1, 0.15) is 17.8 Å². The fourth-order valence-corrected chi connectivity index (χ4v) is 3.41. The molecular weight excluding hydrogens is 384 g/mol. The molecule has 0 amide bonds. The summed E-state index contributed by atoms with van der Waals surface area (Å²) < 4.78 is 14.1. The highest BCUT2D eigenvalue weighted by Crippen LogP contribution is 2.21. The summed E-state index contributed by atoms with van der Waals surface area (Å²) in [5.74, 6) is 2.61. The number of ether oxygens (including phenoxy) is 2. The fraction of sp³-hybridized carbons (Fsp3) is 0.208. The molecule has 0 saturated carbocycles. The van der Waals surface area contributed by atoms with Crippen LogP contribution in [-0.4, -0.2) is 16.2 Å². The van der Waals surface area contributed by atoms with Crippen molar-refractivity contribution >= 4 is 22.6 Å². The zero-order valence-electron chi connectivity index (χ0n) is 16.3. The van der Waals surface area contributed by atoms with Gasteiger partial charge in [0.25, 0.3) is 0 Å². The van der Waals surface area contributed by atoms with Gasteiger partial charge in [-0.25, -0.2) is 4.98 Å². The first-order chi connectivity index (χ1) is 14.2. The maximum atomic E-state index is 5.95. The maximum Gasteiger partial charge on any atom is 0.147 e. The van der Waals surface area contributed by atoms with Crippen LogP contribution in [0.3, 0.4) is 0 Å². The van der Waals surface area contributed by atoms with E-state index in [9.17, 15) is 0 Å². The van der Waals surface area contributed by atoms with Crippen LogP contribution in [0.15, 0.2) is 72.8 Å². The summed E-state index contributed by atoms with van der Waals surface area (Å²) in [7, 11) is 0. The molecule has 0 radical (unpaired) electrons. The second kappa shape index (κ2) is 9.01. The smallest absolute Gasteiger partial charge is 0.147 e. The Bertz CT molecular complexity index is 1090. The number of hydrogen-bond acceptors (Lipinski definition) is 3. The molecule has 1 heterocycles. The van der Waals surface area contributed by atoms with Crippen molar-refractivity contribution < 1.29 is 9.47 Å². The zero-order valence-corrected chi connectivity index (χ0v) is 17.1. The normalized spacial score (nSPS) is 11.0. The van der Waals surface area contributed by atoms with Crippen LogP contribution in [0.2, 0.25) is 5.02 Å². The molecule has 4 nitrogen and oxygen atoms in total. The lowest BCUT2D eigenvalue weighted by Crippen LogP contribution is -2.10. The number of aryl methyl sites for hydroxylation is 2. The Morgan fingerprint density at radius 2 is 1.66 bits per heavy atom. The lowest BCUT2D eigenvalue weighted by Gasteiger charge is -2.12. The standard InChI is InChI=1S/C24H23ClN2O2/c1-18-7-2-5-10-23(18)28-16-6-15-27-22-9-4-3-8-21(22)26-24(27)17-29-20-13-11-19(25)12-14-20/h2-5,7-14H,6,15-17H2,1H3. The Morgan fingerprint density at radius 3 is 2.48 bits per heavy atom. The van der Waals surface area contributed by atoms with Crippen molar-refractivity contribution in [1.82, 2.24) is 9.55 Å². The number of halogens is 1. The highest BCUT2D eigenvalue weighted by molar-refractivity contribution is 6.30. The molecule has 5 heteroatoms. The van der Waals surface area contributed by atoms with E-state index in [1.807, 2.05) is 60.7 Å². The van der Waals surface area contributed by atoms with E-state index < -0.39 is 0 Å². The summed E-state index contributed by atoms with van der Waals surface area (Å²) in [6.07, 6.45) is 0.878. The fourth-order valence-electron chi connectivity index (χ4n) is 3.29. The number of hydrogen-bond donors (Lipinski definition) is 0. The van der Waals surface area contributed by atoms with Crippen LogP contribution >= 0.6 is 11.6 Å². The number of fused-ring (bicyclic) bond motifs is 1. The van der Waals surface area contributed by atoms with Gasteiger partial charge in [0.15, 0.2) is 0 Å². The number of rotatable bonds is 8. The third-order valence-corrected chi connectivity index (χ3v) is 5.04. The number of imidazole rings is 1. The van der Waals surface area contributed by atoms with Crippen molar-refractivity contribution in [2.75, 3.05) is 6.61 Å². The van der Waals surface area contributed by atoms with Crippen molar-refractivity contribution in [3.63, 3.8) is 0 Å². The van der Waals surface area contributed by atoms with Gasteiger partial charge < -0.3 is 14.0 Å². The third kappa shape index (κ3) is 4.72. The molecule has 29 heavy (non-hydrogen) atoms. The van der Waals surface area contributed by atoms with Gasteiger partial charge in [-0.2, -0.15) is 0 Å². The molecule has 148 valence electrons. The summed E-state index contributed by atoms with van der Waals surface area (Å²) in [5, 5.41) is 0.693. The number of para-hydroxylation sites is 3. The quantitative estimate of drug-likeness (QED) is 0.334. The average molecular weight is 407 g/mol. The molecule has 0 aliphatic carbocycles. The maximum absolute atomic E-state index is 5.95. The summed E-state index contributed by atoms with van der Waals surface area (Å²) in [5.41, 5.74) is 3.23. The Kier molecular flexibility index (Phi) is 6.01. The van der Waals surface area contributed by atoms with Gasteiger partial charge in [-0.05, 0) is 61.4 Å². The molecular formula is C24H23ClN2O2. The lowest BCUT2D eigenvalue weighted by atomic mass is 10.2. The minimum atomic E-state index is 0.398. The van der Waals surface area contributed by atoms with Crippen molar-refractivity contribution in [3.8, 4) is 11.5 Å². The summed E-state index contributed by atoms with van der Waals surface area (Å²) in [6, 6.07) is 23.6. The van der Waals surface area contributed by atoms with Gasteiger partial charge in [-0.1, -0.05) is 41.9 Å². The van der Waals surface area contributed by atoms with E-state index in [1.54, 1.807) is 0 Å². The molecule has 3 aromatic carbocycles. The molecule has 4 aromatic rings. The van der Waals surface area contributed by atoms with E-state index >= 15 is 0 Å². The number of aromatic nitrogens is 2. The first-order valence-electron chi connectivity index (χ1n) is 9.71. The van der Waals surface area contributed by atoms with Gasteiger partial charge in [-0.3, -0.25) is 0 Å². The second-order valence-electron chi connectivity index (χ2n) is 6.88. The summed E-state index contributed by atoms with van der Waals surface area (Å²) >= 11 is 5.95.